The van der Waals surface area contributed by atoms with Gasteiger partial charge in [-0.05, 0) is 36.4 Å². The van der Waals surface area contributed by atoms with Crippen LogP contribution in [-0.2, 0) is 0 Å². The van der Waals surface area contributed by atoms with Gasteiger partial charge in [-0.15, -0.1) is 0 Å². The smallest absolute Gasteiger partial charge is 0.288 e. The van der Waals surface area contributed by atoms with Gasteiger partial charge in [-0.3, -0.25) is 9.59 Å². The van der Waals surface area contributed by atoms with Crippen molar-refractivity contribution in [2.24, 2.45) is 0 Å². The zero-order valence-electron chi connectivity index (χ0n) is 16.6. The second-order valence-electron chi connectivity index (χ2n) is 6.59. The topological polar surface area (TPSA) is 59.1 Å². The number of rotatable bonds is 6. The number of amides is 2. The zero-order valence-corrected chi connectivity index (χ0v) is 17.5. The van der Waals surface area contributed by atoms with E-state index in [9.17, 15) is 18.4 Å². The van der Waals surface area contributed by atoms with Gasteiger partial charge in [0.2, 0.25) is 0 Å². The van der Waals surface area contributed by atoms with E-state index in [-0.39, 0.29) is 11.8 Å². The van der Waals surface area contributed by atoms with Crippen LogP contribution in [0.3, 0.4) is 0 Å². The molecule has 0 aromatic heterocycles. The minimum absolute atomic E-state index is 0.160. The summed E-state index contributed by atoms with van der Waals surface area (Å²) in [5, 5.41) is 0. The summed E-state index contributed by atoms with van der Waals surface area (Å²) in [6.45, 7) is 1.56. The van der Waals surface area contributed by atoms with Crippen LogP contribution in [0.25, 0.3) is 0 Å². The lowest BCUT2D eigenvalue weighted by molar-refractivity contribution is 0.0535. The van der Waals surface area contributed by atoms with E-state index in [0.29, 0.717) is 65.5 Å². The minimum atomic E-state index is -2.50. The van der Waals surface area contributed by atoms with Crippen LogP contribution in [0.5, 0.6) is 11.5 Å². The summed E-state index contributed by atoms with van der Waals surface area (Å²) < 4.78 is 35.3. The lowest BCUT2D eigenvalue weighted by Crippen LogP contribution is -2.50. The molecule has 0 N–H and O–H groups in total. The first-order valence-corrected chi connectivity index (χ1v) is 10.2. The molecule has 2 aromatic carbocycles. The third kappa shape index (κ3) is 5.21. The van der Waals surface area contributed by atoms with Crippen LogP contribution in [0.1, 0.15) is 20.7 Å². The Balaban J connectivity index is 1.61. The third-order valence-corrected chi connectivity index (χ3v) is 5.50. The normalized spacial score (nSPS) is 14.0. The van der Waals surface area contributed by atoms with E-state index < -0.39 is 5.76 Å². The molecule has 2 aromatic rings. The van der Waals surface area contributed by atoms with Gasteiger partial charge in [-0.1, -0.05) is 11.8 Å². The van der Waals surface area contributed by atoms with Gasteiger partial charge in [0, 0.05) is 48.3 Å². The molecule has 0 radical (unpaired) electrons. The monoisotopic (exact) mass is 436 g/mol. The minimum Gasteiger partial charge on any atom is -0.497 e. The Morgan fingerprint density at radius 3 is 1.73 bits per heavy atom. The third-order valence-electron chi connectivity index (χ3n) is 4.78. The predicted octanol–water partition coefficient (Wildman–Crippen LogP) is 3.62. The summed E-state index contributed by atoms with van der Waals surface area (Å²) in [6, 6.07) is 11.1. The average Bonchev–Trinajstić information content (AvgIpc) is 2.78. The highest BCUT2D eigenvalue weighted by Gasteiger charge is 2.26. The van der Waals surface area contributed by atoms with Gasteiger partial charge in [-0.25, -0.2) is 0 Å². The zero-order chi connectivity index (χ0) is 21.7. The molecule has 1 saturated heterocycles. The van der Waals surface area contributed by atoms with E-state index in [1.54, 1.807) is 40.1 Å². The molecule has 2 amide bonds. The molecule has 1 aliphatic rings. The van der Waals surface area contributed by atoms with Gasteiger partial charge < -0.3 is 19.3 Å². The summed E-state index contributed by atoms with van der Waals surface area (Å²) in [7, 11) is 3.04. The predicted molar refractivity (Wildman–Crippen MR) is 110 cm³/mol. The number of nitrogens with zero attached hydrogens (tertiary/aromatic N) is 2. The van der Waals surface area contributed by atoms with E-state index in [4.69, 9.17) is 9.47 Å². The number of carbonyl (C=O) groups excluding carboxylic acids is 2. The first kappa shape index (κ1) is 21.9. The number of hydrogen-bond donors (Lipinski definition) is 0. The van der Waals surface area contributed by atoms with Crippen molar-refractivity contribution in [3.05, 3.63) is 53.6 Å². The summed E-state index contributed by atoms with van der Waals surface area (Å²) in [6.07, 6.45) is 0. The fourth-order valence-electron chi connectivity index (χ4n) is 3.19. The van der Waals surface area contributed by atoms with Gasteiger partial charge in [-0.2, -0.15) is 8.78 Å². The second kappa shape index (κ2) is 9.80. The van der Waals surface area contributed by atoms with Crippen LogP contribution < -0.4 is 9.47 Å². The first-order valence-electron chi connectivity index (χ1n) is 9.27. The van der Waals surface area contributed by atoms with Crippen molar-refractivity contribution in [1.82, 2.24) is 9.80 Å². The Hall–Kier alpha value is -2.81. The average molecular weight is 436 g/mol. The van der Waals surface area contributed by atoms with Gasteiger partial charge in [0.15, 0.2) is 0 Å². The van der Waals surface area contributed by atoms with Gasteiger partial charge in [0.25, 0.3) is 17.6 Å². The number of carbonyl (C=O) groups is 2. The molecule has 0 bridgehead atoms. The Morgan fingerprint density at radius 1 is 0.833 bits per heavy atom. The van der Waals surface area contributed by atoms with Crippen molar-refractivity contribution in [3.8, 4) is 11.5 Å². The number of alkyl halides is 2. The van der Waals surface area contributed by atoms with Crippen molar-refractivity contribution >= 4 is 23.6 Å². The fourth-order valence-corrected chi connectivity index (χ4v) is 3.69. The lowest BCUT2D eigenvalue weighted by Gasteiger charge is -2.35. The Morgan fingerprint density at radius 2 is 1.30 bits per heavy atom. The fraction of sp³-hybridized carbons (Fsp3) is 0.333. The molecule has 0 spiro atoms. The molecular formula is C21H22F2N2O4S. The maximum atomic E-state index is 12.9. The molecule has 30 heavy (non-hydrogen) atoms. The number of halogens is 2. The molecule has 0 saturated carbocycles. The Bertz CT molecular complexity index is 878. The van der Waals surface area contributed by atoms with Crippen molar-refractivity contribution in [3.63, 3.8) is 0 Å². The maximum Gasteiger partial charge on any atom is 0.288 e. The van der Waals surface area contributed by atoms with E-state index >= 15 is 0 Å². The quantitative estimate of drug-likeness (QED) is 0.648. The van der Waals surface area contributed by atoms with Crippen LogP contribution in [0, 0.1) is 0 Å². The number of ether oxygens (including phenoxy) is 2. The number of piperazine rings is 1. The number of thioether (sulfide) groups is 1. The highest BCUT2D eigenvalue weighted by atomic mass is 32.2. The first-order chi connectivity index (χ1) is 14.4. The number of benzene rings is 2. The standard InChI is InChI=1S/C21H22F2N2O4S/c1-28-16-11-15(12-17(13-16)29-2)20(27)25-9-7-24(8-10-25)19(26)14-3-5-18(6-4-14)30-21(22)23/h3-6,11-13,21H,7-10H2,1-2H3. The SMILES string of the molecule is COc1cc(OC)cc(C(=O)N2CCN(C(=O)c3ccc(SC(F)F)cc3)CC2)c1. The van der Waals surface area contributed by atoms with Crippen LogP contribution in [-0.4, -0.2) is 67.8 Å². The molecule has 6 nitrogen and oxygen atoms in total. The number of hydrogen-bond acceptors (Lipinski definition) is 5. The molecular weight excluding hydrogens is 414 g/mol. The van der Waals surface area contributed by atoms with Crippen LogP contribution in [0.4, 0.5) is 8.78 Å². The molecule has 9 heteroatoms. The summed E-state index contributed by atoms with van der Waals surface area (Å²) in [4.78, 5) is 29.3. The number of methoxy groups -OCH3 is 2. The van der Waals surface area contributed by atoms with E-state index in [1.807, 2.05) is 0 Å². The summed E-state index contributed by atoms with van der Waals surface area (Å²) in [5.41, 5.74) is 0.893. The van der Waals surface area contributed by atoms with Crippen molar-refractivity contribution < 1.29 is 27.8 Å². The molecule has 1 heterocycles. The molecule has 0 atom stereocenters. The summed E-state index contributed by atoms with van der Waals surface area (Å²) in [5.74, 6) is -1.78. The van der Waals surface area contributed by atoms with Crippen LogP contribution in [0.15, 0.2) is 47.4 Å². The van der Waals surface area contributed by atoms with Crippen molar-refractivity contribution in [2.75, 3.05) is 40.4 Å². The summed E-state index contributed by atoms with van der Waals surface area (Å²) >= 11 is 0.441. The molecule has 160 valence electrons. The molecule has 3 rings (SSSR count). The van der Waals surface area contributed by atoms with Gasteiger partial charge in [0.05, 0.1) is 14.2 Å². The van der Waals surface area contributed by atoms with E-state index in [0.717, 1.165) is 0 Å². The van der Waals surface area contributed by atoms with Crippen molar-refractivity contribution in [2.45, 2.75) is 10.7 Å². The molecule has 0 unspecified atom stereocenters. The lowest BCUT2D eigenvalue weighted by atomic mass is 10.1. The maximum absolute atomic E-state index is 12.9. The molecule has 1 aliphatic heterocycles. The molecule has 0 aliphatic carbocycles. The van der Waals surface area contributed by atoms with Gasteiger partial charge in [0.1, 0.15) is 11.5 Å². The molecule has 1 fully saturated rings. The van der Waals surface area contributed by atoms with Crippen molar-refractivity contribution in [1.29, 1.82) is 0 Å². The Kier molecular flexibility index (Phi) is 7.15. The Labute approximate surface area is 177 Å². The largest absolute Gasteiger partial charge is 0.497 e. The highest BCUT2D eigenvalue weighted by Crippen LogP contribution is 2.26. The second-order valence-corrected chi connectivity index (χ2v) is 7.65. The van der Waals surface area contributed by atoms with Gasteiger partial charge >= 0.3 is 0 Å². The van der Waals surface area contributed by atoms with Crippen LogP contribution in [0.2, 0.25) is 0 Å². The van der Waals surface area contributed by atoms with E-state index in [1.165, 1.54) is 26.4 Å². The van der Waals surface area contributed by atoms with E-state index in [2.05, 4.69) is 0 Å². The highest BCUT2D eigenvalue weighted by molar-refractivity contribution is 7.99. The van der Waals surface area contributed by atoms with Crippen LogP contribution >= 0.6 is 11.8 Å².